The number of methoxy groups -OCH3 is 1. The third kappa shape index (κ3) is 3.18. The highest BCUT2D eigenvalue weighted by Crippen LogP contribution is 2.16. The topological polar surface area (TPSA) is 67.6 Å². The molecule has 3 N–H and O–H groups in total. The summed E-state index contributed by atoms with van der Waals surface area (Å²) in [5, 5.41) is 0. The molecule has 0 aliphatic carbocycles. The van der Waals surface area contributed by atoms with Crippen LogP contribution in [-0.4, -0.2) is 37.6 Å². The van der Waals surface area contributed by atoms with E-state index in [0.29, 0.717) is 17.9 Å². The number of amides is 1. The number of ether oxygens (including phenoxy) is 1. The van der Waals surface area contributed by atoms with Gasteiger partial charge in [-0.15, -0.1) is 0 Å². The summed E-state index contributed by atoms with van der Waals surface area (Å²) < 4.78 is 5.03. The van der Waals surface area contributed by atoms with Gasteiger partial charge in [-0.25, -0.2) is 0 Å². The molecule has 94 valence electrons. The van der Waals surface area contributed by atoms with Gasteiger partial charge in [-0.2, -0.15) is 0 Å². The Labute approximate surface area is 102 Å². The Balaban J connectivity index is 2.88. The first kappa shape index (κ1) is 13.5. The summed E-state index contributed by atoms with van der Waals surface area (Å²) in [4.78, 5) is 13.9. The molecule has 0 aliphatic heterocycles. The van der Waals surface area contributed by atoms with Gasteiger partial charge in [0.15, 0.2) is 0 Å². The number of nitrogens with one attached hydrogen (secondary N) is 1. The van der Waals surface area contributed by atoms with Crippen molar-refractivity contribution < 1.29 is 9.53 Å². The Bertz CT molecular complexity index is 382. The van der Waals surface area contributed by atoms with Crippen LogP contribution in [0.5, 0.6) is 0 Å². The molecular weight excluding hydrogens is 218 g/mol. The molecule has 0 aliphatic rings. The van der Waals surface area contributed by atoms with Crippen LogP contribution in [-0.2, 0) is 4.74 Å². The highest BCUT2D eigenvalue weighted by molar-refractivity contribution is 5.99. The second kappa shape index (κ2) is 6.22. The van der Waals surface area contributed by atoms with Crippen molar-refractivity contribution >= 4 is 11.6 Å². The van der Waals surface area contributed by atoms with E-state index < -0.39 is 0 Å². The minimum atomic E-state index is -0.0805. The maximum Gasteiger partial charge on any atom is 0.256 e. The van der Waals surface area contributed by atoms with Crippen molar-refractivity contribution in [2.24, 2.45) is 5.84 Å². The lowest BCUT2D eigenvalue weighted by molar-refractivity contribution is 0.0634. The fourth-order valence-corrected chi connectivity index (χ4v) is 1.54. The molecular formula is C12H19N3O2. The minimum Gasteiger partial charge on any atom is -0.383 e. The fourth-order valence-electron chi connectivity index (χ4n) is 1.54. The van der Waals surface area contributed by atoms with Crippen LogP contribution in [0.15, 0.2) is 24.3 Å². The number of carbonyl (C=O) groups excluding carboxylic acids is 1. The Morgan fingerprint density at radius 1 is 1.53 bits per heavy atom. The lowest BCUT2D eigenvalue weighted by Crippen LogP contribution is -2.38. The first-order valence-corrected chi connectivity index (χ1v) is 5.43. The van der Waals surface area contributed by atoms with Gasteiger partial charge in [0.25, 0.3) is 5.91 Å². The van der Waals surface area contributed by atoms with Gasteiger partial charge < -0.3 is 15.1 Å². The summed E-state index contributed by atoms with van der Waals surface area (Å²) in [6, 6.07) is 7.15. The van der Waals surface area contributed by atoms with E-state index in [0.717, 1.165) is 0 Å². The van der Waals surface area contributed by atoms with Gasteiger partial charge in [0.1, 0.15) is 0 Å². The van der Waals surface area contributed by atoms with E-state index in [1.165, 1.54) is 0 Å². The summed E-state index contributed by atoms with van der Waals surface area (Å²) in [5.41, 5.74) is 3.70. The zero-order chi connectivity index (χ0) is 12.8. The summed E-state index contributed by atoms with van der Waals surface area (Å²) in [6.45, 7) is 2.43. The third-order valence-corrected chi connectivity index (χ3v) is 2.70. The van der Waals surface area contributed by atoms with Crippen molar-refractivity contribution in [3.8, 4) is 0 Å². The molecule has 0 spiro atoms. The number of benzene rings is 1. The molecule has 0 heterocycles. The second-order valence-electron chi connectivity index (χ2n) is 3.91. The number of nitrogen functional groups attached to an aromatic ring is 1. The molecule has 0 radical (unpaired) electrons. The van der Waals surface area contributed by atoms with Crippen molar-refractivity contribution in [3.05, 3.63) is 29.8 Å². The first-order valence-electron chi connectivity index (χ1n) is 5.43. The van der Waals surface area contributed by atoms with Crippen LogP contribution in [0.25, 0.3) is 0 Å². The van der Waals surface area contributed by atoms with Crippen LogP contribution < -0.4 is 11.3 Å². The molecule has 5 heteroatoms. The molecule has 17 heavy (non-hydrogen) atoms. The average Bonchev–Trinajstić information content (AvgIpc) is 2.37. The van der Waals surface area contributed by atoms with E-state index in [1.54, 1.807) is 31.2 Å². The second-order valence-corrected chi connectivity index (χ2v) is 3.91. The number of para-hydroxylation sites is 1. The zero-order valence-corrected chi connectivity index (χ0v) is 10.4. The molecule has 0 fully saturated rings. The summed E-state index contributed by atoms with van der Waals surface area (Å²) >= 11 is 0. The predicted octanol–water partition coefficient (Wildman–Crippen LogP) is 1.08. The number of hydrazine groups is 1. The molecule has 1 rings (SSSR count). The predicted molar refractivity (Wildman–Crippen MR) is 67.7 cm³/mol. The monoisotopic (exact) mass is 237 g/mol. The average molecular weight is 237 g/mol. The maximum absolute atomic E-state index is 12.2. The molecule has 1 amide bonds. The molecule has 0 bridgehead atoms. The van der Waals surface area contributed by atoms with E-state index in [-0.39, 0.29) is 11.9 Å². The molecule has 1 aromatic rings. The number of hydrogen-bond acceptors (Lipinski definition) is 4. The minimum absolute atomic E-state index is 0.0123. The van der Waals surface area contributed by atoms with Crippen molar-refractivity contribution in [2.45, 2.75) is 13.0 Å². The van der Waals surface area contributed by atoms with E-state index in [4.69, 9.17) is 10.6 Å². The standard InChI is InChI=1S/C12H19N3O2/c1-9(8-17-3)15(2)12(16)10-6-4-5-7-11(10)14-13/h4-7,9,14H,8,13H2,1-3H3. The number of anilines is 1. The summed E-state index contributed by atoms with van der Waals surface area (Å²) in [7, 11) is 3.36. The fraction of sp³-hybridized carbons (Fsp3) is 0.417. The number of likely N-dealkylation sites (N-methyl/N-ethyl adjacent to an activating group) is 1. The van der Waals surface area contributed by atoms with E-state index in [2.05, 4.69) is 5.43 Å². The molecule has 0 saturated heterocycles. The van der Waals surface area contributed by atoms with Crippen molar-refractivity contribution in [2.75, 3.05) is 26.2 Å². The van der Waals surface area contributed by atoms with E-state index in [9.17, 15) is 4.79 Å². The maximum atomic E-state index is 12.2. The van der Waals surface area contributed by atoms with E-state index >= 15 is 0 Å². The molecule has 1 unspecified atom stereocenters. The molecule has 5 nitrogen and oxygen atoms in total. The Hall–Kier alpha value is -1.59. The van der Waals surface area contributed by atoms with Gasteiger partial charge in [0.05, 0.1) is 23.9 Å². The molecule has 1 aromatic carbocycles. The summed E-state index contributed by atoms with van der Waals surface area (Å²) in [5.74, 6) is 5.30. The Kier molecular flexibility index (Phi) is 4.93. The lowest BCUT2D eigenvalue weighted by Gasteiger charge is -2.25. The zero-order valence-electron chi connectivity index (χ0n) is 10.4. The van der Waals surface area contributed by atoms with Crippen LogP contribution in [0.2, 0.25) is 0 Å². The van der Waals surface area contributed by atoms with Crippen LogP contribution in [0.3, 0.4) is 0 Å². The lowest BCUT2D eigenvalue weighted by atomic mass is 10.1. The molecule has 0 saturated carbocycles. The van der Waals surface area contributed by atoms with Gasteiger partial charge in [-0.1, -0.05) is 12.1 Å². The highest BCUT2D eigenvalue weighted by atomic mass is 16.5. The van der Waals surface area contributed by atoms with Crippen LogP contribution in [0.4, 0.5) is 5.69 Å². The number of rotatable bonds is 5. The summed E-state index contributed by atoms with van der Waals surface area (Å²) in [6.07, 6.45) is 0. The Morgan fingerprint density at radius 2 is 2.18 bits per heavy atom. The van der Waals surface area contributed by atoms with Crippen molar-refractivity contribution in [1.29, 1.82) is 0 Å². The van der Waals surface area contributed by atoms with Gasteiger partial charge in [-0.05, 0) is 19.1 Å². The SMILES string of the molecule is COCC(C)N(C)C(=O)c1ccccc1NN. The number of nitrogens with zero attached hydrogens (tertiary/aromatic N) is 1. The van der Waals surface area contributed by atoms with Gasteiger partial charge in [0, 0.05) is 14.2 Å². The third-order valence-electron chi connectivity index (χ3n) is 2.70. The number of hydrogen-bond donors (Lipinski definition) is 2. The van der Waals surface area contributed by atoms with Crippen LogP contribution in [0.1, 0.15) is 17.3 Å². The van der Waals surface area contributed by atoms with Gasteiger partial charge in [0.2, 0.25) is 0 Å². The van der Waals surface area contributed by atoms with Crippen LogP contribution >= 0.6 is 0 Å². The largest absolute Gasteiger partial charge is 0.383 e. The number of carbonyl (C=O) groups is 1. The normalized spacial score (nSPS) is 12.0. The number of nitrogens with two attached hydrogens (primary N) is 1. The van der Waals surface area contributed by atoms with Crippen molar-refractivity contribution in [3.63, 3.8) is 0 Å². The van der Waals surface area contributed by atoms with Gasteiger partial charge in [-0.3, -0.25) is 10.6 Å². The quantitative estimate of drug-likeness (QED) is 0.594. The smallest absolute Gasteiger partial charge is 0.256 e. The van der Waals surface area contributed by atoms with Crippen molar-refractivity contribution in [1.82, 2.24) is 4.90 Å². The first-order chi connectivity index (χ1) is 8.11. The van der Waals surface area contributed by atoms with Crippen LogP contribution in [0, 0.1) is 0 Å². The van der Waals surface area contributed by atoms with E-state index in [1.807, 2.05) is 19.1 Å². The molecule has 1 atom stereocenters. The Morgan fingerprint density at radius 3 is 2.76 bits per heavy atom. The molecule has 0 aromatic heterocycles. The van der Waals surface area contributed by atoms with Gasteiger partial charge >= 0.3 is 0 Å². The highest BCUT2D eigenvalue weighted by Gasteiger charge is 2.19.